The maximum absolute atomic E-state index is 13.6. The van der Waals surface area contributed by atoms with Crippen LogP contribution in [0.1, 0.15) is 5.56 Å². The number of rotatable bonds is 3. The summed E-state index contributed by atoms with van der Waals surface area (Å²) in [5.41, 5.74) is -0.0248. The van der Waals surface area contributed by atoms with Gasteiger partial charge in [0.1, 0.15) is 11.6 Å². The zero-order valence-electron chi connectivity index (χ0n) is 8.79. The number of hydrogen-bond donors (Lipinski definition) is 1. The third-order valence-corrected chi connectivity index (χ3v) is 3.44. The average Bonchev–Trinajstić information content (AvgIpc) is 2.20. The van der Waals surface area contributed by atoms with Crippen molar-refractivity contribution in [3.8, 4) is 0 Å². The van der Waals surface area contributed by atoms with Crippen LogP contribution >= 0.6 is 15.9 Å². The third kappa shape index (κ3) is 2.47. The fraction of sp³-hybridized carbons (Fsp3) is 0.364. The molecule has 1 heterocycles. The Morgan fingerprint density at radius 1 is 1.47 bits per heavy atom. The molecule has 0 spiro atoms. The van der Waals surface area contributed by atoms with Crippen molar-refractivity contribution >= 4 is 21.9 Å². The molecule has 1 aliphatic heterocycles. The van der Waals surface area contributed by atoms with Gasteiger partial charge in [-0.15, -0.1) is 0 Å². The smallest absolute Gasteiger partial charge is 0.309 e. The van der Waals surface area contributed by atoms with Crippen molar-refractivity contribution in [2.75, 3.05) is 13.1 Å². The van der Waals surface area contributed by atoms with E-state index in [9.17, 15) is 13.6 Å². The zero-order chi connectivity index (χ0) is 12.6. The molecule has 0 saturated carbocycles. The second-order valence-corrected chi connectivity index (χ2v) is 4.91. The van der Waals surface area contributed by atoms with Gasteiger partial charge in [0, 0.05) is 25.2 Å². The minimum absolute atomic E-state index is 0.0248. The molecule has 0 aromatic heterocycles. The van der Waals surface area contributed by atoms with Crippen LogP contribution in [0.15, 0.2) is 16.6 Å². The van der Waals surface area contributed by atoms with Crippen molar-refractivity contribution in [2.45, 2.75) is 6.54 Å². The highest BCUT2D eigenvalue weighted by atomic mass is 79.9. The van der Waals surface area contributed by atoms with Crippen molar-refractivity contribution < 1.29 is 18.7 Å². The first-order valence-corrected chi connectivity index (χ1v) is 5.86. The lowest BCUT2D eigenvalue weighted by atomic mass is 9.99. The van der Waals surface area contributed by atoms with Crippen molar-refractivity contribution in [1.29, 1.82) is 0 Å². The number of benzene rings is 1. The maximum atomic E-state index is 13.6. The normalized spacial score (nSPS) is 16.9. The fourth-order valence-electron chi connectivity index (χ4n) is 1.79. The minimum Gasteiger partial charge on any atom is -0.481 e. The Balaban J connectivity index is 2.06. The Kier molecular flexibility index (Phi) is 3.44. The number of nitrogens with zero attached hydrogens (tertiary/aromatic N) is 1. The van der Waals surface area contributed by atoms with E-state index in [0.717, 1.165) is 0 Å². The molecular formula is C11H10BrF2NO2. The van der Waals surface area contributed by atoms with Gasteiger partial charge in [0.25, 0.3) is 0 Å². The molecular weight excluding hydrogens is 296 g/mol. The van der Waals surface area contributed by atoms with Crippen LogP contribution in [-0.2, 0) is 11.3 Å². The van der Waals surface area contributed by atoms with Gasteiger partial charge in [-0.2, -0.15) is 0 Å². The number of carboxylic acids is 1. The molecule has 0 atom stereocenters. The number of carboxylic acid groups (broad SMARTS) is 1. The van der Waals surface area contributed by atoms with E-state index < -0.39 is 23.5 Å². The first-order valence-electron chi connectivity index (χ1n) is 5.06. The summed E-state index contributed by atoms with van der Waals surface area (Å²) < 4.78 is 27.2. The molecule has 3 nitrogen and oxygen atoms in total. The predicted octanol–water partition coefficient (Wildman–Crippen LogP) is 2.24. The molecule has 1 aliphatic rings. The molecule has 2 rings (SSSR count). The maximum Gasteiger partial charge on any atom is 0.309 e. The number of carbonyl (C=O) groups is 1. The second-order valence-electron chi connectivity index (χ2n) is 4.05. The summed E-state index contributed by atoms with van der Waals surface area (Å²) in [4.78, 5) is 12.3. The topological polar surface area (TPSA) is 40.5 Å². The molecule has 0 radical (unpaired) electrons. The van der Waals surface area contributed by atoms with Gasteiger partial charge in [-0.05, 0) is 28.1 Å². The van der Waals surface area contributed by atoms with Crippen LogP contribution in [0.4, 0.5) is 8.78 Å². The fourth-order valence-corrected chi connectivity index (χ4v) is 2.16. The Hall–Kier alpha value is -1.01. The number of halogens is 3. The SMILES string of the molecule is O=C(O)C1CN(Cc2c(F)ccc(Br)c2F)C1. The molecule has 1 fully saturated rings. The van der Waals surface area contributed by atoms with Gasteiger partial charge in [0.2, 0.25) is 0 Å². The Morgan fingerprint density at radius 2 is 2.12 bits per heavy atom. The van der Waals surface area contributed by atoms with E-state index in [2.05, 4.69) is 15.9 Å². The molecule has 92 valence electrons. The van der Waals surface area contributed by atoms with E-state index in [4.69, 9.17) is 5.11 Å². The van der Waals surface area contributed by atoms with E-state index >= 15 is 0 Å². The standard InChI is InChI=1S/C11H10BrF2NO2/c12-8-1-2-9(13)7(10(8)14)5-15-3-6(4-15)11(16)17/h1-2,6H,3-5H2,(H,16,17). The summed E-state index contributed by atoms with van der Waals surface area (Å²) in [5, 5.41) is 8.69. The van der Waals surface area contributed by atoms with E-state index in [1.54, 1.807) is 4.90 Å². The summed E-state index contributed by atoms with van der Waals surface area (Å²) in [5.74, 6) is -2.52. The van der Waals surface area contributed by atoms with Gasteiger partial charge in [-0.25, -0.2) is 8.78 Å². The highest BCUT2D eigenvalue weighted by molar-refractivity contribution is 9.10. The lowest BCUT2D eigenvalue weighted by molar-refractivity contribution is -0.147. The Labute approximate surface area is 105 Å². The lowest BCUT2D eigenvalue weighted by Crippen LogP contribution is -2.49. The molecule has 0 amide bonds. The zero-order valence-corrected chi connectivity index (χ0v) is 10.4. The van der Waals surface area contributed by atoms with Crippen LogP contribution in [0.25, 0.3) is 0 Å². The van der Waals surface area contributed by atoms with Gasteiger partial charge in [0.15, 0.2) is 0 Å². The summed E-state index contributed by atoms with van der Waals surface area (Å²) in [7, 11) is 0. The highest BCUT2D eigenvalue weighted by Gasteiger charge is 2.33. The number of likely N-dealkylation sites (tertiary alicyclic amines) is 1. The minimum atomic E-state index is -0.864. The van der Waals surface area contributed by atoms with Crippen LogP contribution in [0, 0.1) is 17.6 Å². The summed E-state index contributed by atoms with van der Waals surface area (Å²) in [6.45, 7) is 0.766. The quantitative estimate of drug-likeness (QED) is 0.871. The molecule has 6 heteroatoms. The molecule has 1 saturated heterocycles. The van der Waals surface area contributed by atoms with Crippen LogP contribution in [0.3, 0.4) is 0 Å². The van der Waals surface area contributed by atoms with Crippen molar-refractivity contribution in [3.05, 3.63) is 33.8 Å². The third-order valence-electron chi connectivity index (χ3n) is 2.83. The van der Waals surface area contributed by atoms with E-state index in [1.165, 1.54) is 12.1 Å². The number of hydrogen-bond acceptors (Lipinski definition) is 2. The first kappa shape index (κ1) is 12.4. The highest BCUT2D eigenvalue weighted by Crippen LogP contribution is 2.25. The van der Waals surface area contributed by atoms with Gasteiger partial charge >= 0.3 is 5.97 Å². The molecule has 0 bridgehead atoms. The molecule has 0 aliphatic carbocycles. The van der Waals surface area contributed by atoms with Gasteiger partial charge in [-0.3, -0.25) is 9.69 Å². The largest absolute Gasteiger partial charge is 0.481 e. The summed E-state index contributed by atoms with van der Waals surface area (Å²) >= 11 is 2.99. The van der Waals surface area contributed by atoms with E-state index in [1.807, 2.05) is 0 Å². The molecule has 1 N–H and O–H groups in total. The second kappa shape index (κ2) is 4.70. The number of aliphatic carboxylic acids is 1. The van der Waals surface area contributed by atoms with Crippen molar-refractivity contribution in [1.82, 2.24) is 4.90 Å². The molecule has 1 aromatic rings. The lowest BCUT2D eigenvalue weighted by Gasteiger charge is -2.36. The van der Waals surface area contributed by atoms with Gasteiger partial charge in [-0.1, -0.05) is 0 Å². The predicted molar refractivity (Wildman–Crippen MR) is 60.5 cm³/mol. The summed E-state index contributed by atoms with van der Waals surface area (Å²) in [6.07, 6.45) is 0. The molecule has 1 aromatic carbocycles. The van der Waals surface area contributed by atoms with E-state index in [-0.39, 0.29) is 16.6 Å². The van der Waals surface area contributed by atoms with Crippen LogP contribution in [0.5, 0.6) is 0 Å². The molecule has 17 heavy (non-hydrogen) atoms. The average molecular weight is 306 g/mol. The summed E-state index contributed by atoms with van der Waals surface area (Å²) in [6, 6.07) is 2.50. The van der Waals surface area contributed by atoms with Gasteiger partial charge < -0.3 is 5.11 Å². The van der Waals surface area contributed by atoms with E-state index in [0.29, 0.717) is 13.1 Å². The van der Waals surface area contributed by atoms with Crippen LogP contribution in [-0.4, -0.2) is 29.1 Å². The molecule has 0 unspecified atom stereocenters. The van der Waals surface area contributed by atoms with Crippen molar-refractivity contribution in [3.63, 3.8) is 0 Å². The van der Waals surface area contributed by atoms with Gasteiger partial charge in [0.05, 0.1) is 10.4 Å². The van der Waals surface area contributed by atoms with Crippen LogP contribution in [0.2, 0.25) is 0 Å². The Bertz CT molecular complexity index is 461. The first-order chi connectivity index (χ1) is 7.99. The Morgan fingerprint density at radius 3 is 2.71 bits per heavy atom. The van der Waals surface area contributed by atoms with Crippen LogP contribution < -0.4 is 0 Å². The monoisotopic (exact) mass is 305 g/mol. The van der Waals surface area contributed by atoms with Crippen molar-refractivity contribution in [2.24, 2.45) is 5.92 Å².